The highest BCUT2D eigenvalue weighted by Crippen LogP contribution is 2.33. The zero-order valence-corrected chi connectivity index (χ0v) is 18.8. The van der Waals surface area contributed by atoms with Gasteiger partial charge in [0.25, 0.3) is 5.91 Å². The molecule has 1 heterocycles. The number of hydrogen-bond acceptors (Lipinski definition) is 6. The van der Waals surface area contributed by atoms with Crippen LogP contribution in [0, 0.1) is 0 Å². The molecule has 2 aromatic carbocycles. The van der Waals surface area contributed by atoms with Crippen LogP contribution >= 0.6 is 0 Å². The summed E-state index contributed by atoms with van der Waals surface area (Å²) in [5, 5.41) is 8.11. The standard InChI is InChI=1S/C24H25N5O5/c1-33-20-12-18(23(25)31)19(13-21(20)34-2)29-22(30)10-7-15-5-8-16(9-6-15)27-24(32)28-17-4-3-11-26-14-17/h3-6,8-9,11-14H,7,10H2,1-2H3,(H2,25,31)(H,29,30)(H2,27,28,32). The van der Waals surface area contributed by atoms with Crippen LogP contribution in [0.15, 0.2) is 60.9 Å². The van der Waals surface area contributed by atoms with Gasteiger partial charge in [-0.05, 0) is 42.3 Å². The van der Waals surface area contributed by atoms with E-state index in [1.165, 1.54) is 26.4 Å². The summed E-state index contributed by atoms with van der Waals surface area (Å²) in [5.41, 5.74) is 7.88. The molecular weight excluding hydrogens is 438 g/mol. The number of methoxy groups -OCH3 is 2. The van der Waals surface area contributed by atoms with Gasteiger partial charge in [0.05, 0.1) is 37.4 Å². The number of pyridine rings is 1. The van der Waals surface area contributed by atoms with E-state index in [0.717, 1.165) is 5.56 Å². The molecule has 3 rings (SSSR count). The number of aryl methyl sites for hydroxylation is 1. The molecule has 0 aliphatic heterocycles. The van der Waals surface area contributed by atoms with Crippen LogP contribution in [-0.4, -0.2) is 37.0 Å². The Kier molecular flexibility index (Phi) is 8.01. The first-order valence-corrected chi connectivity index (χ1v) is 10.3. The number of hydrogen-bond donors (Lipinski definition) is 4. The van der Waals surface area contributed by atoms with Gasteiger partial charge < -0.3 is 31.2 Å². The zero-order valence-electron chi connectivity index (χ0n) is 18.8. The lowest BCUT2D eigenvalue weighted by atomic mass is 10.1. The van der Waals surface area contributed by atoms with Crippen LogP contribution in [-0.2, 0) is 11.2 Å². The molecule has 0 atom stereocenters. The van der Waals surface area contributed by atoms with Crippen molar-refractivity contribution in [1.82, 2.24) is 4.98 Å². The van der Waals surface area contributed by atoms with Gasteiger partial charge in [-0.3, -0.25) is 14.6 Å². The fraction of sp³-hybridized carbons (Fsp3) is 0.167. The lowest BCUT2D eigenvalue weighted by molar-refractivity contribution is -0.116. The molecule has 0 fully saturated rings. The lowest BCUT2D eigenvalue weighted by Gasteiger charge is -2.14. The van der Waals surface area contributed by atoms with E-state index >= 15 is 0 Å². The van der Waals surface area contributed by atoms with Crippen molar-refractivity contribution in [2.45, 2.75) is 12.8 Å². The maximum atomic E-state index is 12.5. The van der Waals surface area contributed by atoms with E-state index in [4.69, 9.17) is 15.2 Å². The van der Waals surface area contributed by atoms with E-state index in [9.17, 15) is 14.4 Å². The Hall–Kier alpha value is -4.60. The van der Waals surface area contributed by atoms with Gasteiger partial charge in [-0.25, -0.2) is 4.79 Å². The molecule has 10 nitrogen and oxygen atoms in total. The first-order chi connectivity index (χ1) is 16.4. The molecule has 10 heteroatoms. The Labute approximate surface area is 196 Å². The van der Waals surface area contributed by atoms with Crippen molar-refractivity contribution in [3.63, 3.8) is 0 Å². The second-order valence-electron chi connectivity index (χ2n) is 7.18. The summed E-state index contributed by atoms with van der Waals surface area (Å²) in [5.74, 6) is -0.310. The van der Waals surface area contributed by atoms with Crippen molar-refractivity contribution < 1.29 is 23.9 Å². The minimum atomic E-state index is -0.702. The average molecular weight is 463 g/mol. The first kappa shape index (κ1) is 24.1. The molecule has 0 spiro atoms. The molecule has 0 aliphatic carbocycles. The molecule has 5 N–H and O–H groups in total. The summed E-state index contributed by atoms with van der Waals surface area (Å²) in [6.45, 7) is 0. The number of carbonyl (C=O) groups excluding carboxylic acids is 3. The average Bonchev–Trinajstić information content (AvgIpc) is 2.83. The van der Waals surface area contributed by atoms with Crippen molar-refractivity contribution in [1.29, 1.82) is 0 Å². The highest BCUT2D eigenvalue weighted by molar-refractivity contribution is 6.04. The summed E-state index contributed by atoms with van der Waals surface area (Å²) in [6, 6.07) is 13.1. The zero-order chi connectivity index (χ0) is 24.5. The summed E-state index contributed by atoms with van der Waals surface area (Å²) in [4.78, 5) is 40.3. The number of urea groups is 1. The molecule has 0 radical (unpaired) electrons. The van der Waals surface area contributed by atoms with Crippen molar-refractivity contribution >= 4 is 34.9 Å². The third kappa shape index (κ3) is 6.45. The predicted molar refractivity (Wildman–Crippen MR) is 128 cm³/mol. The minimum Gasteiger partial charge on any atom is -0.493 e. The number of nitrogens with one attached hydrogen (secondary N) is 3. The number of amides is 4. The van der Waals surface area contributed by atoms with Crippen LogP contribution in [0.2, 0.25) is 0 Å². The van der Waals surface area contributed by atoms with Crippen LogP contribution < -0.4 is 31.2 Å². The van der Waals surface area contributed by atoms with Crippen molar-refractivity contribution in [2.75, 3.05) is 30.2 Å². The molecule has 34 heavy (non-hydrogen) atoms. The van der Waals surface area contributed by atoms with Gasteiger partial charge in [-0.1, -0.05) is 12.1 Å². The first-order valence-electron chi connectivity index (χ1n) is 10.3. The van der Waals surface area contributed by atoms with Gasteiger partial charge in [0.2, 0.25) is 5.91 Å². The van der Waals surface area contributed by atoms with E-state index in [1.54, 1.807) is 36.7 Å². The SMILES string of the molecule is COc1cc(NC(=O)CCc2ccc(NC(=O)Nc3cccnc3)cc2)c(C(N)=O)cc1OC. The quantitative estimate of drug-likeness (QED) is 0.383. The van der Waals surface area contributed by atoms with E-state index in [1.807, 2.05) is 12.1 Å². The van der Waals surface area contributed by atoms with Crippen molar-refractivity contribution in [2.24, 2.45) is 5.73 Å². The number of primary amides is 1. The summed E-state index contributed by atoms with van der Waals surface area (Å²) < 4.78 is 10.4. The summed E-state index contributed by atoms with van der Waals surface area (Å²) >= 11 is 0. The maximum Gasteiger partial charge on any atom is 0.323 e. The predicted octanol–water partition coefficient (Wildman–Crippen LogP) is 3.41. The lowest BCUT2D eigenvalue weighted by Crippen LogP contribution is -2.19. The third-order valence-corrected chi connectivity index (χ3v) is 4.84. The summed E-state index contributed by atoms with van der Waals surface area (Å²) in [6.07, 6.45) is 3.78. The monoisotopic (exact) mass is 463 g/mol. The van der Waals surface area contributed by atoms with Gasteiger partial charge in [0.1, 0.15) is 0 Å². The number of rotatable bonds is 9. The van der Waals surface area contributed by atoms with E-state index in [0.29, 0.717) is 29.3 Å². The normalized spacial score (nSPS) is 10.2. The Morgan fingerprint density at radius 1 is 0.912 bits per heavy atom. The van der Waals surface area contributed by atoms with Gasteiger partial charge in [-0.15, -0.1) is 0 Å². The van der Waals surface area contributed by atoms with E-state index in [-0.39, 0.29) is 29.6 Å². The number of ether oxygens (including phenoxy) is 2. The Morgan fingerprint density at radius 2 is 1.59 bits per heavy atom. The maximum absolute atomic E-state index is 12.5. The molecule has 0 bridgehead atoms. The molecule has 0 aliphatic rings. The Morgan fingerprint density at radius 3 is 2.21 bits per heavy atom. The second-order valence-corrected chi connectivity index (χ2v) is 7.18. The van der Waals surface area contributed by atoms with E-state index in [2.05, 4.69) is 20.9 Å². The van der Waals surface area contributed by atoms with Crippen molar-refractivity contribution in [3.05, 3.63) is 72.1 Å². The van der Waals surface area contributed by atoms with Crippen molar-refractivity contribution in [3.8, 4) is 11.5 Å². The Bertz CT molecular complexity index is 1170. The second kappa shape index (κ2) is 11.3. The molecule has 1 aromatic heterocycles. The number of carbonyl (C=O) groups is 3. The molecule has 176 valence electrons. The van der Waals surface area contributed by atoms with Gasteiger partial charge in [0, 0.05) is 24.4 Å². The van der Waals surface area contributed by atoms with Crippen LogP contribution in [0.25, 0.3) is 0 Å². The van der Waals surface area contributed by atoms with Crippen LogP contribution in [0.3, 0.4) is 0 Å². The highest BCUT2D eigenvalue weighted by atomic mass is 16.5. The highest BCUT2D eigenvalue weighted by Gasteiger charge is 2.17. The fourth-order valence-electron chi connectivity index (χ4n) is 3.14. The molecule has 0 saturated carbocycles. The van der Waals surface area contributed by atoms with Crippen LogP contribution in [0.4, 0.5) is 21.9 Å². The molecule has 4 amide bonds. The van der Waals surface area contributed by atoms with Gasteiger partial charge in [-0.2, -0.15) is 0 Å². The molecule has 3 aromatic rings. The largest absolute Gasteiger partial charge is 0.493 e. The van der Waals surface area contributed by atoms with Gasteiger partial charge in [0.15, 0.2) is 11.5 Å². The topological polar surface area (TPSA) is 145 Å². The number of anilines is 3. The van der Waals surface area contributed by atoms with E-state index < -0.39 is 5.91 Å². The number of nitrogens with zero attached hydrogens (tertiary/aromatic N) is 1. The number of benzene rings is 2. The fourth-order valence-corrected chi connectivity index (χ4v) is 3.14. The van der Waals surface area contributed by atoms with Gasteiger partial charge >= 0.3 is 6.03 Å². The summed E-state index contributed by atoms with van der Waals surface area (Å²) in [7, 11) is 2.89. The van der Waals surface area contributed by atoms with Crippen LogP contribution in [0.1, 0.15) is 22.3 Å². The molecular formula is C24H25N5O5. The molecule has 0 saturated heterocycles. The smallest absolute Gasteiger partial charge is 0.323 e. The third-order valence-electron chi connectivity index (χ3n) is 4.84. The van der Waals surface area contributed by atoms with Crippen LogP contribution in [0.5, 0.6) is 11.5 Å². The number of nitrogens with two attached hydrogens (primary N) is 1. The number of aromatic nitrogens is 1. The Balaban J connectivity index is 1.56. The minimum absolute atomic E-state index is 0.117. The molecule has 0 unspecified atom stereocenters.